The fraction of sp³-hybridized carbons (Fsp3) is 0.647. The van der Waals surface area contributed by atoms with Gasteiger partial charge in [0.1, 0.15) is 11.7 Å². The third-order valence-electron chi connectivity index (χ3n) is 4.94. The Labute approximate surface area is 155 Å². The Kier molecular flexibility index (Phi) is 5.90. The van der Waals surface area contributed by atoms with Gasteiger partial charge in [0.2, 0.25) is 0 Å². The number of fused-ring (bicyclic) bond motifs is 1. The Morgan fingerprint density at radius 2 is 2.36 bits per heavy atom. The molecule has 138 valence electrons. The highest BCUT2D eigenvalue weighted by atomic mass is 32.2. The molecule has 4 atom stereocenters. The molecule has 0 amide bonds. The van der Waals surface area contributed by atoms with Crippen LogP contribution in [0.4, 0.5) is 8.78 Å². The predicted octanol–water partition coefficient (Wildman–Crippen LogP) is 3.69. The van der Waals surface area contributed by atoms with E-state index in [1.54, 1.807) is 18.7 Å². The van der Waals surface area contributed by atoms with Crippen LogP contribution in [-0.4, -0.2) is 46.4 Å². The Bertz CT molecular complexity index is 637. The lowest BCUT2D eigenvalue weighted by Crippen LogP contribution is -2.57. The van der Waals surface area contributed by atoms with E-state index in [1.165, 1.54) is 17.8 Å². The second kappa shape index (κ2) is 7.80. The summed E-state index contributed by atoms with van der Waals surface area (Å²) in [6.07, 6.45) is 3.51. The van der Waals surface area contributed by atoms with Gasteiger partial charge in [-0.05, 0) is 31.8 Å². The zero-order chi connectivity index (χ0) is 18.0. The number of hydrogen-bond acceptors (Lipinski definition) is 6. The molecule has 0 spiro atoms. The number of nitrogens with two attached hydrogens (primary N) is 1. The number of aliphatic imine (C=N–C) groups is 1. The maximum absolute atomic E-state index is 14.5. The van der Waals surface area contributed by atoms with Gasteiger partial charge in [0.15, 0.2) is 5.17 Å². The number of nitrogens with zero attached hydrogens (tertiary/aromatic N) is 1. The van der Waals surface area contributed by atoms with Crippen molar-refractivity contribution in [2.24, 2.45) is 22.6 Å². The average molecular weight is 388 g/mol. The van der Waals surface area contributed by atoms with Crippen molar-refractivity contribution in [2.75, 3.05) is 23.9 Å². The van der Waals surface area contributed by atoms with Crippen molar-refractivity contribution in [3.8, 4) is 0 Å². The first-order chi connectivity index (χ1) is 11.9. The van der Waals surface area contributed by atoms with Crippen molar-refractivity contribution in [3.63, 3.8) is 0 Å². The molecule has 0 aromatic rings. The van der Waals surface area contributed by atoms with E-state index in [-0.39, 0.29) is 18.4 Å². The first-order valence-corrected chi connectivity index (χ1v) is 10.5. The molecule has 0 bridgehead atoms. The van der Waals surface area contributed by atoms with E-state index in [0.29, 0.717) is 23.2 Å². The summed E-state index contributed by atoms with van der Waals surface area (Å²) in [4.78, 5) is 4.64. The SMILES string of the molecule is CC(=N)CSCC1CC2CSC(N)=NC2(C2CC=C(F)C=C2F)CO1. The fourth-order valence-electron chi connectivity index (χ4n) is 3.72. The van der Waals surface area contributed by atoms with Crippen molar-refractivity contribution < 1.29 is 13.5 Å². The van der Waals surface area contributed by atoms with Crippen molar-refractivity contribution in [1.82, 2.24) is 0 Å². The van der Waals surface area contributed by atoms with Crippen molar-refractivity contribution in [2.45, 2.75) is 31.4 Å². The molecule has 3 rings (SSSR count). The second-order valence-corrected chi connectivity index (χ2v) is 8.89. The Balaban J connectivity index is 1.76. The van der Waals surface area contributed by atoms with Gasteiger partial charge < -0.3 is 15.9 Å². The van der Waals surface area contributed by atoms with Crippen molar-refractivity contribution >= 4 is 34.4 Å². The lowest BCUT2D eigenvalue weighted by atomic mass is 9.69. The molecule has 8 heteroatoms. The van der Waals surface area contributed by atoms with Gasteiger partial charge in [0.25, 0.3) is 0 Å². The van der Waals surface area contributed by atoms with Crippen LogP contribution < -0.4 is 5.73 Å². The number of nitrogens with one attached hydrogen (secondary N) is 1. The quantitative estimate of drug-likeness (QED) is 0.706. The van der Waals surface area contributed by atoms with Gasteiger partial charge in [-0.3, -0.25) is 4.99 Å². The van der Waals surface area contributed by atoms with E-state index in [2.05, 4.69) is 4.99 Å². The topological polar surface area (TPSA) is 71.5 Å². The molecule has 3 aliphatic rings. The van der Waals surface area contributed by atoms with Crippen LogP contribution in [0.3, 0.4) is 0 Å². The van der Waals surface area contributed by atoms with Gasteiger partial charge in [0.05, 0.1) is 18.2 Å². The van der Waals surface area contributed by atoms with Crippen LogP contribution >= 0.6 is 23.5 Å². The minimum Gasteiger partial charge on any atom is -0.379 e. The van der Waals surface area contributed by atoms with Gasteiger partial charge in [0, 0.05) is 35.0 Å². The first-order valence-electron chi connectivity index (χ1n) is 8.35. The van der Waals surface area contributed by atoms with Crippen LogP contribution in [0.2, 0.25) is 0 Å². The van der Waals surface area contributed by atoms with Crippen LogP contribution in [0.15, 0.2) is 28.8 Å². The molecule has 2 heterocycles. The van der Waals surface area contributed by atoms with Gasteiger partial charge >= 0.3 is 0 Å². The molecule has 4 unspecified atom stereocenters. The highest BCUT2D eigenvalue weighted by Gasteiger charge is 2.53. The molecule has 25 heavy (non-hydrogen) atoms. The highest BCUT2D eigenvalue weighted by molar-refractivity contribution is 8.13. The summed E-state index contributed by atoms with van der Waals surface area (Å²) in [5.74, 6) is 0.905. The third-order valence-corrected chi connectivity index (χ3v) is 7.14. The smallest absolute Gasteiger partial charge is 0.154 e. The molecule has 1 fully saturated rings. The Hall–Kier alpha value is -0.860. The van der Waals surface area contributed by atoms with E-state index < -0.39 is 23.1 Å². The van der Waals surface area contributed by atoms with E-state index in [9.17, 15) is 8.78 Å². The summed E-state index contributed by atoms with van der Waals surface area (Å²) in [6, 6.07) is 0. The zero-order valence-corrected chi connectivity index (χ0v) is 15.8. The summed E-state index contributed by atoms with van der Waals surface area (Å²) in [5.41, 5.74) is 5.85. The lowest BCUT2D eigenvalue weighted by Gasteiger charge is -2.49. The maximum atomic E-state index is 14.5. The van der Waals surface area contributed by atoms with Crippen LogP contribution in [-0.2, 0) is 4.74 Å². The largest absolute Gasteiger partial charge is 0.379 e. The van der Waals surface area contributed by atoms with E-state index in [4.69, 9.17) is 15.9 Å². The van der Waals surface area contributed by atoms with Crippen LogP contribution in [0, 0.1) is 17.2 Å². The van der Waals surface area contributed by atoms with Crippen LogP contribution in [0.5, 0.6) is 0 Å². The Morgan fingerprint density at radius 3 is 3.08 bits per heavy atom. The molecule has 2 aliphatic heterocycles. The number of hydrogen-bond donors (Lipinski definition) is 2. The summed E-state index contributed by atoms with van der Waals surface area (Å²) in [5, 5.41) is 7.96. The van der Waals surface area contributed by atoms with Crippen LogP contribution in [0.1, 0.15) is 19.8 Å². The average Bonchev–Trinajstić information content (AvgIpc) is 2.54. The van der Waals surface area contributed by atoms with Crippen LogP contribution in [0.25, 0.3) is 0 Å². The molecule has 0 aromatic carbocycles. The van der Waals surface area contributed by atoms with Gasteiger partial charge in [-0.15, -0.1) is 0 Å². The predicted molar refractivity (Wildman–Crippen MR) is 102 cm³/mol. The van der Waals surface area contributed by atoms with E-state index in [0.717, 1.165) is 24.0 Å². The number of rotatable bonds is 5. The number of thioether (sulfide) groups is 2. The molecule has 1 aliphatic carbocycles. The monoisotopic (exact) mass is 387 g/mol. The van der Waals surface area contributed by atoms with Crippen molar-refractivity contribution in [3.05, 3.63) is 23.8 Å². The molecule has 0 aromatic heterocycles. The molecule has 1 saturated heterocycles. The Morgan fingerprint density at radius 1 is 1.56 bits per heavy atom. The number of amidine groups is 1. The molecule has 3 N–H and O–H groups in total. The summed E-state index contributed by atoms with van der Waals surface area (Å²) in [7, 11) is 0. The standard InChI is InChI=1S/C17H23F2N3OS2/c1-10(20)6-24-8-13-4-11-7-25-16(21)22-17(11,9-23-13)14-3-2-12(18)5-15(14)19/h2,5,11,13-14,20H,3-4,6-9H2,1H3,(H2,21,22). The number of halogens is 2. The van der Waals surface area contributed by atoms with Gasteiger partial charge in [-0.25, -0.2) is 8.78 Å². The zero-order valence-electron chi connectivity index (χ0n) is 14.1. The second-order valence-electron chi connectivity index (χ2n) is 6.82. The molecule has 4 nitrogen and oxygen atoms in total. The van der Waals surface area contributed by atoms with Gasteiger partial charge in [-0.2, -0.15) is 11.8 Å². The molecule has 0 saturated carbocycles. The van der Waals surface area contributed by atoms with Gasteiger partial charge in [-0.1, -0.05) is 11.8 Å². The minimum absolute atomic E-state index is 0.0699. The highest BCUT2D eigenvalue weighted by Crippen LogP contribution is 2.48. The summed E-state index contributed by atoms with van der Waals surface area (Å²) < 4.78 is 34.0. The maximum Gasteiger partial charge on any atom is 0.154 e. The molecule has 0 radical (unpaired) electrons. The van der Waals surface area contributed by atoms with E-state index >= 15 is 0 Å². The van der Waals surface area contributed by atoms with Crippen molar-refractivity contribution in [1.29, 1.82) is 5.41 Å². The number of allylic oxidation sites excluding steroid dienone is 3. The fourth-order valence-corrected chi connectivity index (χ4v) is 5.67. The lowest BCUT2D eigenvalue weighted by molar-refractivity contribution is -0.0604. The molecular weight excluding hydrogens is 364 g/mol. The van der Waals surface area contributed by atoms with E-state index in [1.807, 2.05) is 0 Å². The molecular formula is C17H23F2N3OS2. The first kappa shape index (κ1) is 18.9. The summed E-state index contributed by atoms with van der Waals surface area (Å²) in [6.45, 7) is 2.09. The number of ether oxygens (including phenoxy) is 1. The summed E-state index contributed by atoms with van der Waals surface area (Å²) >= 11 is 3.18. The normalized spacial score (nSPS) is 35.3. The minimum atomic E-state index is -0.744. The third kappa shape index (κ3) is 4.11.